The van der Waals surface area contributed by atoms with Crippen LogP contribution in [0.5, 0.6) is 0 Å². The second-order valence-corrected chi connectivity index (χ2v) is 2.86. The average Bonchev–Trinajstić information content (AvgIpc) is 2.44. The van der Waals surface area contributed by atoms with Gasteiger partial charge in [-0.3, -0.25) is 0 Å². The third kappa shape index (κ3) is 13.9. The predicted octanol–water partition coefficient (Wildman–Crippen LogP) is 2.44. The highest BCUT2D eigenvalue weighted by Gasteiger charge is 1.82. The number of carboxylic acid groups (broad SMARTS) is 1. The first kappa shape index (κ1) is 14.9. The number of aliphatic hydroxyl groups excluding tert-OH is 1. The van der Waals surface area contributed by atoms with Crippen molar-refractivity contribution in [2.75, 3.05) is 6.61 Å². The van der Waals surface area contributed by atoms with Gasteiger partial charge in [-0.1, -0.05) is 72.8 Å². The molecular formula is C14H16O3. The summed E-state index contributed by atoms with van der Waals surface area (Å²) in [6, 6.07) is 24.0. The second-order valence-electron chi connectivity index (χ2n) is 2.86. The van der Waals surface area contributed by atoms with Crippen LogP contribution in [0.2, 0.25) is 0 Å². The van der Waals surface area contributed by atoms with E-state index in [9.17, 15) is 0 Å². The number of hydrogen-bond acceptors (Lipinski definition) is 2. The number of rotatable bonds is 1. The Morgan fingerprint density at radius 1 is 0.647 bits per heavy atom. The summed E-state index contributed by atoms with van der Waals surface area (Å²) in [6.07, 6.45) is 0. The van der Waals surface area contributed by atoms with Crippen LogP contribution in [0.1, 0.15) is 0 Å². The first-order valence-electron chi connectivity index (χ1n) is 5.10. The van der Waals surface area contributed by atoms with E-state index in [0.717, 1.165) is 0 Å². The summed E-state index contributed by atoms with van der Waals surface area (Å²) < 4.78 is 0. The number of carbonyl (C=O) groups is 1. The fourth-order valence-corrected chi connectivity index (χ4v) is 0.770. The molecule has 0 saturated carbocycles. The Bertz CT molecular complexity index is 275. The fraction of sp³-hybridized carbons (Fsp3) is 0.0714. The highest BCUT2D eigenvalue weighted by Crippen LogP contribution is 1.80. The SMILES string of the molecule is O=C(O)CO.c1ccccc1.c1ccccc1. The van der Waals surface area contributed by atoms with E-state index in [0.29, 0.717) is 0 Å². The van der Waals surface area contributed by atoms with Gasteiger partial charge >= 0.3 is 5.97 Å². The van der Waals surface area contributed by atoms with E-state index in [1.807, 2.05) is 72.8 Å². The summed E-state index contributed by atoms with van der Waals surface area (Å²) in [5, 5.41) is 15.0. The van der Waals surface area contributed by atoms with Crippen molar-refractivity contribution in [2.24, 2.45) is 0 Å². The molecule has 0 atom stereocenters. The molecule has 2 aromatic carbocycles. The van der Waals surface area contributed by atoms with Gasteiger partial charge in [-0.15, -0.1) is 0 Å². The van der Waals surface area contributed by atoms with Gasteiger partial charge in [0, 0.05) is 0 Å². The Balaban J connectivity index is 0.000000228. The Labute approximate surface area is 101 Å². The Morgan fingerprint density at radius 3 is 0.824 bits per heavy atom. The van der Waals surface area contributed by atoms with Gasteiger partial charge in [-0.2, -0.15) is 0 Å². The van der Waals surface area contributed by atoms with Gasteiger partial charge in [-0.25, -0.2) is 4.79 Å². The highest BCUT2D eigenvalue weighted by atomic mass is 16.4. The molecule has 2 rings (SSSR count). The minimum atomic E-state index is -1.19. The zero-order valence-corrected chi connectivity index (χ0v) is 9.44. The quantitative estimate of drug-likeness (QED) is 0.794. The maximum Gasteiger partial charge on any atom is 0.329 e. The monoisotopic (exact) mass is 232 g/mol. The molecule has 0 saturated heterocycles. The molecule has 0 aliphatic carbocycles. The van der Waals surface area contributed by atoms with E-state index in [4.69, 9.17) is 15.0 Å². The Kier molecular flexibility index (Phi) is 10.4. The fourth-order valence-electron chi connectivity index (χ4n) is 0.770. The number of aliphatic carboxylic acids is 1. The smallest absolute Gasteiger partial charge is 0.329 e. The first-order chi connectivity index (χ1) is 8.27. The van der Waals surface area contributed by atoms with E-state index < -0.39 is 12.6 Å². The second kappa shape index (κ2) is 11.9. The van der Waals surface area contributed by atoms with Crippen LogP contribution in [-0.4, -0.2) is 22.8 Å². The van der Waals surface area contributed by atoms with Gasteiger partial charge in [0.2, 0.25) is 0 Å². The molecule has 0 amide bonds. The van der Waals surface area contributed by atoms with Crippen LogP contribution in [0.15, 0.2) is 72.8 Å². The van der Waals surface area contributed by atoms with Crippen molar-refractivity contribution in [3.05, 3.63) is 72.8 Å². The molecule has 0 spiro atoms. The lowest BCUT2D eigenvalue weighted by Crippen LogP contribution is -1.98. The molecule has 0 bridgehead atoms. The van der Waals surface area contributed by atoms with Gasteiger partial charge in [0.05, 0.1) is 0 Å². The number of benzene rings is 2. The van der Waals surface area contributed by atoms with E-state index in [1.165, 1.54) is 0 Å². The summed E-state index contributed by atoms with van der Waals surface area (Å²) in [4.78, 5) is 9.12. The third-order valence-corrected chi connectivity index (χ3v) is 1.47. The summed E-state index contributed by atoms with van der Waals surface area (Å²) in [7, 11) is 0. The summed E-state index contributed by atoms with van der Waals surface area (Å²) in [5.74, 6) is -1.19. The van der Waals surface area contributed by atoms with Crippen molar-refractivity contribution in [1.82, 2.24) is 0 Å². The van der Waals surface area contributed by atoms with Crippen LogP contribution >= 0.6 is 0 Å². The molecule has 0 radical (unpaired) electrons. The lowest BCUT2D eigenvalue weighted by Gasteiger charge is -1.72. The van der Waals surface area contributed by atoms with Gasteiger partial charge in [0.1, 0.15) is 6.61 Å². The topological polar surface area (TPSA) is 57.5 Å². The molecule has 3 nitrogen and oxygen atoms in total. The van der Waals surface area contributed by atoms with Crippen LogP contribution in [0.3, 0.4) is 0 Å². The zero-order valence-electron chi connectivity index (χ0n) is 9.44. The summed E-state index contributed by atoms with van der Waals surface area (Å²) in [5.41, 5.74) is 0. The van der Waals surface area contributed by atoms with Crippen LogP contribution in [-0.2, 0) is 4.79 Å². The van der Waals surface area contributed by atoms with E-state index in [-0.39, 0.29) is 0 Å². The number of hydrogen-bond donors (Lipinski definition) is 2. The third-order valence-electron chi connectivity index (χ3n) is 1.47. The van der Waals surface area contributed by atoms with E-state index >= 15 is 0 Å². The predicted molar refractivity (Wildman–Crippen MR) is 67.6 cm³/mol. The minimum Gasteiger partial charge on any atom is -0.480 e. The standard InChI is InChI=1S/2C6H6.C2H4O3/c2*1-2-4-6-5-3-1;3-1-2(4)5/h2*1-6H;3H,1H2,(H,4,5). The molecule has 17 heavy (non-hydrogen) atoms. The molecule has 0 aliphatic rings. The van der Waals surface area contributed by atoms with E-state index in [2.05, 4.69) is 0 Å². The van der Waals surface area contributed by atoms with Gasteiger partial charge in [0.15, 0.2) is 0 Å². The highest BCUT2D eigenvalue weighted by molar-refractivity contribution is 5.67. The van der Waals surface area contributed by atoms with Gasteiger partial charge in [0.25, 0.3) is 0 Å². The molecule has 3 heteroatoms. The number of carboxylic acids is 1. The molecule has 0 heterocycles. The normalized spacial score (nSPS) is 7.82. The molecule has 0 unspecified atom stereocenters. The van der Waals surface area contributed by atoms with Gasteiger partial charge < -0.3 is 10.2 Å². The molecule has 2 aromatic rings. The maximum absolute atomic E-state index is 9.12. The molecule has 90 valence electrons. The minimum absolute atomic E-state index is 0.778. The molecule has 2 N–H and O–H groups in total. The Hall–Kier alpha value is -2.13. The van der Waals surface area contributed by atoms with Crippen LogP contribution in [0.4, 0.5) is 0 Å². The van der Waals surface area contributed by atoms with Crippen molar-refractivity contribution in [2.45, 2.75) is 0 Å². The first-order valence-corrected chi connectivity index (χ1v) is 5.10. The average molecular weight is 232 g/mol. The van der Waals surface area contributed by atoms with Crippen LogP contribution in [0, 0.1) is 0 Å². The molecular weight excluding hydrogens is 216 g/mol. The van der Waals surface area contributed by atoms with Crippen LogP contribution < -0.4 is 0 Å². The van der Waals surface area contributed by atoms with Crippen LogP contribution in [0.25, 0.3) is 0 Å². The summed E-state index contributed by atoms with van der Waals surface area (Å²) in [6.45, 7) is -0.778. The van der Waals surface area contributed by atoms with Crippen molar-refractivity contribution >= 4 is 5.97 Å². The lowest BCUT2D eigenvalue weighted by atomic mass is 10.4. The Morgan fingerprint density at radius 2 is 0.765 bits per heavy atom. The largest absolute Gasteiger partial charge is 0.480 e. The number of aliphatic hydroxyl groups is 1. The zero-order chi connectivity index (χ0) is 12.8. The van der Waals surface area contributed by atoms with Gasteiger partial charge in [-0.05, 0) is 0 Å². The maximum atomic E-state index is 9.12. The molecule has 0 aromatic heterocycles. The van der Waals surface area contributed by atoms with Crippen molar-refractivity contribution < 1.29 is 15.0 Å². The summed E-state index contributed by atoms with van der Waals surface area (Å²) >= 11 is 0. The molecule has 0 aliphatic heterocycles. The molecule has 0 fully saturated rings. The lowest BCUT2D eigenvalue weighted by molar-refractivity contribution is -0.140. The van der Waals surface area contributed by atoms with Crippen molar-refractivity contribution in [3.8, 4) is 0 Å². The van der Waals surface area contributed by atoms with Crippen molar-refractivity contribution in [1.29, 1.82) is 0 Å². The van der Waals surface area contributed by atoms with Crippen molar-refractivity contribution in [3.63, 3.8) is 0 Å². The van der Waals surface area contributed by atoms with E-state index in [1.54, 1.807) is 0 Å².